The van der Waals surface area contributed by atoms with Crippen LogP contribution in [0.15, 0.2) is 38.2 Å². The number of oxazole rings is 1. The van der Waals surface area contributed by atoms with Gasteiger partial charge in [0, 0.05) is 4.47 Å². The molecule has 0 aliphatic rings. The molecular weight excluding hydrogens is 348 g/mol. The van der Waals surface area contributed by atoms with Crippen molar-refractivity contribution in [2.24, 2.45) is 0 Å². The minimum Gasteiger partial charge on any atom is -0.445 e. The fourth-order valence-electron chi connectivity index (χ4n) is 1.58. The molecule has 2 aromatic rings. The van der Waals surface area contributed by atoms with E-state index < -0.39 is 10.0 Å². The van der Waals surface area contributed by atoms with E-state index in [0.29, 0.717) is 21.7 Å². The summed E-state index contributed by atoms with van der Waals surface area (Å²) < 4.78 is 32.3. The molecular formula is C12H13BrN2O4S. The Kier molecular flexibility index (Phi) is 4.59. The van der Waals surface area contributed by atoms with E-state index in [0.717, 1.165) is 0 Å². The average molecular weight is 361 g/mol. The van der Waals surface area contributed by atoms with Crippen LogP contribution in [0.4, 0.5) is 0 Å². The summed E-state index contributed by atoms with van der Waals surface area (Å²) in [5.41, 5.74) is 0.624. The van der Waals surface area contributed by atoms with Crippen molar-refractivity contribution in [1.29, 1.82) is 0 Å². The lowest BCUT2D eigenvalue weighted by Crippen LogP contribution is -2.23. The Morgan fingerprint density at radius 1 is 1.45 bits per heavy atom. The highest BCUT2D eigenvalue weighted by atomic mass is 79.9. The Hall–Kier alpha value is -1.22. The van der Waals surface area contributed by atoms with Crippen LogP contribution in [0.2, 0.25) is 0 Å². The van der Waals surface area contributed by atoms with E-state index in [2.05, 4.69) is 25.6 Å². The third kappa shape index (κ3) is 3.45. The van der Waals surface area contributed by atoms with Crippen LogP contribution in [-0.2, 0) is 23.2 Å². The lowest BCUT2D eigenvalue weighted by atomic mass is 10.2. The third-order valence-corrected chi connectivity index (χ3v) is 4.93. The monoisotopic (exact) mass is 360 g/mol. The van der Waals surface area contributed by atoms with Crippen molar-refractivity contribution in [3.63, 3.8) is 0 Å². The van der Waals surface area contributed by atoms with Gasteiger partial charge >= 0.3 is 0 Å². The summed E-state index contributed by atoms with van der Waals surface area (Å²) >= 11 is 3.18. The van der Waals surface area contributed by atoms with Gasteiger partial charge in [0.05, 0.1) is 24.2 Å². The van der Waals surface area contributed by atoms with Crippen molar-refractivity contribution in [2.75, 3.05) is 0 Å². The van der Waals surface area contributed by atoms with E-state index in [1.165, 1.54) is 12.3 Å². The topological polar surface area (TPSA) is 92.4 Å². The first kappa shape index (κ1) is 15.2. The summed E-state index contributed by atoms with van der Waals surface area (Å²) in [4.78, 5) is 4.02. The molecule has 0 fully saturated rings. The molecule has 2 rings (SSSR count). The lowest BCUT2D eigenvalue weighted by molar-refractivity contribution is 0.281. The quantitative estimate of drug-likeness (QED) is 0.846. The highest BCUT2D eigenvalue weighted by Crippen LogP contribution is 2.23. The van der Waals surface area contributed by atoms with Gasteiger partial charge in [0.2, 0.25) is 15.9 Å². The fourth-order valence-corrected chi connectivity index (χ4v) is 3.68. The largest absolute Gasteiger partial charge is 0.445 e. The Balaban J connectivity index is 2.18. The molecule has 20 heavy (non-hydrogen) atoms. The SMILES string of the molecule is Cc1cnc(CNS(=O)(=O)c2ccc(CO)cc2Br)o1. The van der Waals surface area contributed by atoms with Crippen LogP contribution in [0, 0.1) is 6.92 Å². The zero-order chi connectivity index (χ0) is 14.8. The van der Waals surface area contributed by atoms with E-state index in [1.54, 1.807) is 19.1 Å². The molecule has 8 heteroatoms. The van der Waals surface area contributed by atoms with E-state index in [-0.39, 0.29) is 18.0 Å². The second-order valence-corrected chi connectivity index (χ2v) is 6.70. The molecule has 6 nitrogen and oxygen atoms in total. The van der Waals surface area contributed by atoms with Crippen LogP contribution in [0.5, 0.6) is 0 Å². The molecule has 1 aromatic carbocycles. The first-order valence-electron chi connectivity index (χ1n) is 5.72. The van der Waals surface area contributed by atoms with Crippen LogP contribution < -0.4 is 4.72 Å². The van der Waals surface area contributed by atoms with Crippen LogP contribution >= 0.6 is 15.9 Å². The van der Waals surface area contributed by atoms with Crippen LogP contribution in [-0.4, -0.2) is 18.5 Å². The molecule has 2 N–H and O–H groups in total. The average Bonchev–Trinajstić information content (AvgIpc) is 2.82. The molecule has 0 radical (unpaired) electrons. The predicted molar refractivity (Wildman–Crippen MR) is 75.3 cm³/mol. The number of aliphatic hydroxyl groups excluding tert-OH is 1. The van der Waals surface area contributed by atoms with Gasteiger partial charge in [0.25, 0.3) is 0 Å². The summed E-state index contributed by atoms with van der Waals surface area (Å²) in [5.74, 6) is 0.918. The van der Waals surface area contributed by atoms with Crippen LogP contribution in [0.1, 0.15) is 17.2 Å². The summed E-state index contributed by atoms with van der Waals surface area (Å²) in [6.45, 7) is 1.56. The second kappa shape index (κ2) is 6.04. The van der Waals surface area contributed by atoms with Gasteiger partial charge in [-0.05, 0) is 40.5 Å². The Bertz CT molecular complexity index is 712. The highest BCUT2D eigenvalue weighted by Gasteiger charge is 2.18. The molecule has 0 spiro atoms. The number of nitrogens with one attached hydrogen (secondary N) is 1. The number of benzene rings is 1. The molecule has 0 atom stereocenters. The zero-order valence-electron chi connectivity index (χ0n) is 10.6. The maximum Gasteiger partial charge on any atom is 0.242 e. The molecule has 0 saturated heterocycles. The maximum absolute atomic E-state index is 12.2. The Morgan fingerprint density at radius 3 is 2.75 bits per heavy atom. The molecule has 0 aliphatic heterocycles. The van der Waals surface area contributed by atoms with E-state index in [4.69, 9.17) is 9.52 Å². The van der Waals surface area contributed by atoms with Gasteiger partial charge in [-0.1, -0.05) is 6.07 Å². The number of hydrogen-bond acceptors (Lipinski definition) is 5. The Morgan fingerprint density at radius 2 is 2.20 bits per heavy atom. The molecule has 0 amide bonds. The smallest absolute Gasteiger partial charge is 0.242 e. The number of hydrogen-bond donors (Lipinski definition) is 2. The molecule has 0 bridgehead atoms. The summed E-state index contributed by atoms with van der Waals surface area (Å²) in [6, 6.07) is 4.54. The highest BCUT2D eigenvalue weighted by molar-refractivity contribution is 9.10. The number of nitrogens with zero attached hydrogens (tertiary/aromatic N) is 1. The predicted octanol–water partition coefficient (Wildman–Crippen LogP) is 1.72. The van der Waals surface area contributed by atoms with Gasteiger partial charge < -0.3 is 9.52 Å². The molecule has 0 unspecified atom stereocenters. The number of halogens is 1. The van der Waals surface area contributed by atoms with Gasteiger partial charge in [-0.2, -0.15) is 0 Å². The standard InChI is InChI=1S/C12H13BrN2O4S/c1-8-5-14-12(19-8)6-15-20(17,18)11-3-2-9(7-16)4-10(11)13/h2-5,15-16H,6-7H2,1H3. The van der Waals surface area contributed by atoms with Gasteiger partial charge in [-0.15, -0.1) is 0 Å². The summed E-state index contributed by atoms with van der Waals surface area (Å²) in [6.07, 6.45) is 1.52. The van der Waals surface area contributed by atoms with E-state index in [1.807, 2.05) is 0 Å². The fraction of sp³-hybridized carbons (Fsp3) is 0.250. The number of aliphatic hydroxyl groups is 1. The molecule has 0 saturated carbocycles. The number of rotatable bonds is 5. The van der Waals surface area contributed by atoms with Crippen molar-refractivity contribution in [3.8, 4) is 0 Å². The van der Waals surface area contributed by atoms with Crippen LogP contribution in [0.3, 0.4) is 0 Å². The molecule has 0 aliphatic carbocycles. The van der Waals surface area contributed by atoms with Gasteiger partial charge in [0.1, 0.15) is 5.76 Å². The zero-order valence-corrected chi connectivity index (χ0v) is 13.0. The maximum atomic E-state index is 12.2. The van der Waals surface area contributed by atoms with E-state index >= 15 is 0 Å². The second-order valence-electron chi connectivity index (χ2n) is 4.11. The normalized spacial score (nSPS) is 11.8. The van der Waals surface area contributed by atoms with Crippen molar-refractivity contribution in [1.82, 2.24) is 9.71 Å². The first-order chi connectivity index (χ1) is 9.42. The molecule has 108 valence electrons. The molecule has 1 heterocycles. The third-order valence-electron chi connectivity index (χ3n) is 2.55. The van der Waals surface area contributed by atoms with Crippen molar-refractivity contribution in [3.05, 3.63) is 46.1 Å². The number of aryl methyl sites for hydroxylation is 1. The summed E-state index contributed by atoms with van der Waals surface area (Å²) in [5, 5.41) is 9.00. The lowest BCUT2D eigenvalue weighted by Gasteiger charge is -2.08. The van der Waals surface area contributed by atoms with Gasteiger partial charge in [0.15, 0.2) is 0 Å². The minimum atomic E-state index is -3.68. The molecule has 1 aromatic heterocycles. The van der Waals surface area contributed by atoms with Crippen molar-refractivity contribution >= 4 is 26.0 Å². The van der Waals surface area contributed by atoms with Crippen LogP contribution in [0.25, 0.3) is 0 Å². The summed E-state index contributed by atoms with van der Waals surface area (Å²) in [7, 11) is -3.68. The van der Waals surface area contributed by atoms with E-state index in [9.17, 15) is 8.42 Å². The minimum absolute atomic E-state index is 0.0234. The first-order valence-corrected chi connectivity index (χ1v) is 8.00. The Labute approximate surface area is 125 Å². The van der Waals surface area contributed by atoms with Gasteiger partial charge in [-0.25, -0.2) is 18.1 Å². The van der Waals surface area contributed by atoms with Crippen molar-refractivity contribution in [2.45, 2.75) is 25.0 Å². The van der Waals surface area contributed by atoms with Crippen molar-refractivity contribution < 1.29 is 17.9 Å². The number of sulfonamides is 1. The van der Waals surface area contributed by atoms with Gasteiger partial charge in [-0.3, -0.25) is 0 Å². The number of aromatic nitrogens is 1.